The van der Waals surface area contributed by atoms with Crippen LogP contribution in [0.2, 0.25) is 0 Å². The summed E-state index contributed by atoms with van der Waals surface area (Å²) in [5.41, 5.74) is 3.48. The van der Waals surface area contributed by atoms with Gasteiger partial charge in [-0.25, -0.2) is 0 Å². The first-order chi connectivity index (χ1) is 20.5. The van der Waals surface area contributed by atoms with Crippen molar-refractivity contribution in [2.24, 2.45) is 0 Å². The molecule has 0 aromatic heterocycles. The van der Waals surface area contributed by atoms with Gasteiger partial charge < -0.3 is 19.7 Å². The molecule has 2 aromatic carbocycles. The van der Waals surface area contributed by atoms with Gasteiger partial charge in [-0.15, -0.1) is 13.2 Å². The number of thioether (sulfide) groups is 1. The predicted molar refractivity (Wildman–Crippen MR) is 186 cm³/mol. The van der Waals surface area contributed by atoms with Gasteiger partial charge in [0, 0.05) is 12.8 Å². The number of rotatable bonds is 8. The lowest BCUT2D eigenvalue weighted by Gasteiger charge is -2.28. The molecule has 2 aromatic rings. The van der Waals surface area contributed by atoms with E-state index < -0.39 is 10.9 Å². The zero-order valence-corrected chi connectivity index (χ0v) is 30.5. The zero-order valence-electron chi connectivity index (χ0n) is 29.6. The molecule has 250 valence electrons. The van der Waals surface area contributed by atoms with Gasteiger partial charge in [0.25, 0.3) is 0 Å². The third-order valence-electron chi connectivity index (χ3n) is 7.72. The van der Waals surface area contributed by atoms with Crippen molar-refractivity contribution in [3.8, 4) is 11.5 Å². The van der Waals surface area contributed by atoms with Crippen LogP contribution in [0.15, 0.2) is 37.4 Å². The van der Waals surface area contributed by atoms with E-state index in [0.29, 0.717) is 24.3 Å². The largest absolute Gasteiger partial charge is 0.507 e. The van der Waals surface area contributed by atoms with Crippen LogP contribution in [-0.2, 0) is 53.6 Å². The fourth-order valence-electron chi connectivity index (χ4n) is 5.09. The average Bonchev–Trinajstić information content (AvgIpc) is 3.62. The minimum absolute atomic E-state index is 0.197. The van der Waals surface area contributed by atoms with Crippen molar-refractivity contribution in [3.63, 3.8) is 0 Å². The van der Waals surface area contributed by atoms with Crippen LogP contribution in [0.1, 0.15) is 129 Å². The molecule has 2 unspecified atom stereocenters. The summed E-state index contributed by atoms with van der Waals surface area (Å²) in [4.78, 5) is 25.3. The first kappa shape index (κ1) is 38.3. The van der Waals surface area contributed by atoms with E-state index in [9.17, 15) is 19.8 Å². The fraction of sp³-hybridized carbons (Fsp3) is 0.579. The SMILES string of the molecule is C=C.CC(C)(C)c1cc(CCC(=O)OC2SC2OC(=O)CCc2cc(C(C)(C)C)c(O)c(C(C)(C)C)c2)cc(C(C)(C)C)c1O. The zero-order chi connectivity index (χ0) is 34.7. The number of benzene rings is 2. The highest BCUT2D eigenvalue weighted by molar-refractivity contribution is 8.07. The van der Waals surface area contributed by atoms with Crippen LogP contribution < -0.4 is 0 Å². The molecule has 1 saturated heterocycles. The van der Waals surface area contributed by atoms with Crippen molar-refractivity contribution < 1.29 is 29.3 Å². The lowest BCUT2D eigenvalue weighted by molar-refractivity contribution is -0.152. The van der Waals surface area contributed by atoms with Gasteiger partial charge in [0.05, 0.1) is 0 Å². The summed E-state index contributed by atoms with van der Waals surface area (Å²) in [7, 11) is 0. The lowest BCUT2D eigenvalue weighted by atomic mass is 9.78. The molecule has 0 aliphatic carbocycles. The van der Waals surface area contributed by atoms with Crippen LogP contribution in [0, 0.1) is 0 Å². The lowest BCUT2D eigenvalue weighted by Crippen LogP contribution is -2.18. The number of esters is 2. The number of phenols is 2. The summed E-state index contributed by atoms with van der Waals surface area (Å²) in [5.74, 6) is -0.0420. The maximum atomic E-state index is 12.6. The second kappa shape index (κ2) is 14.2. The van der Waals surface area contributed by atoms with E-state index >= 15 is 0 Å². The molecule has 3 rings (SSSR count). The highest BCUT2D eigenvalue weighted by Crippen LogP contribution is 2.44. The first-order valence-corrected chi connectivity index (χ1v) is 16.7. The molecule has 7 heteroatoms. The standard InChI is InChI=1S/C36H52O6S.C2H4/c1-33(2,3)23-17-21(18-24(29(23)39)34(4,5)6)13-15-27(37)41-31-32(43-31)42-28(38)16-14-22-19-25(35(7,8)9)30(40)26(20-22)36(10,11)12;1-2/h17-20,31-32,39-40H,13-16H2,1-12H3;1-2H2. The van der Waals surface area contributed by atoms with Crippen LogP contribution in [-0.4, -0.2) is 33.0 Å². The Hall–Kier alpha value is -2.93. The molecule has 6 nitrogen and oxygen atoms in total. The molecule has 0 bridgehead atoms. The number of ether oxygens (including phenoxy) is 2. The number of aryl methyl sites for hydroxylation is 2. The monoisotopic (exact) mass is 640 g/mol. The second-order valence-corrected chi connectivity index (χ2v) is 17.1. The maximum absolute atomic E-state index is 12.6. The number of aromatic hydroxyl groups is 2. The minimum atomic E-state index is -0.486. The Morgan fingerprint density at radius 1 is 0.600 bits per heavy atom. The molecule has 0 saturated carbocycles. The van der Waals surface area contributed by atoms with E-state index in [0.717, 1.165) is 33.4 Å². The highest BCUT2D eigenvalue weighted by Gasteiger charge is 2.46. The van der Waals surface area contributed by atoms with Crippen molar-refractivity contribution in [2.75, 3.05) is 0 Å². The molecular weight excluding hydrogens is 584 g/mol. The fourth-order valence-corrected chi connectivity index (χ4v) is 5.70. The third-order valence-corrected chi connectivity index (χ3v) is 8.63. The van der Waals surface area contributed by atoms with Gasteiger partial charge in [0.15, 0.2) is 10.9 Å². The molecule has 2 N–H and O–H groups in total. The van der Waals surface area contributed by atoms with Crippen molar-refractivity contribution in [2.45, 2.75) is 141 Å². The predicted octanol–water partition coefficient (Wildman–Crippen LogP) is 9.14. The Balaban J connectivity index is 0.00000345. The molecule has 0 radical (unpaired) electrons. The average molecular weight is 641 g/mol. The van der Waals surface area contributed by atoms with E-state index in [1.807, 2.05) is 24.3 Å². The topological polar surface area (TPSA) is 93.1 Å². The smallest absolute Gasteiger partial charge is 0.307 e. The number of hydrogen-bond donors (Lipinski definition) is 2. The molecule has 1 aliphatic rings. The molecule has 1 aliphatic heterocycles. The van der Waals surface area contributed by atoms with Gasteiger partial charge in [-0.05, 0) is 67.9 Å². The Labute approximate surface area is 276 Å². The molecular formula is C38H56O6S. The third kappa shape index (κ3) is 10.6. The Kier molecular flexibility index (Phi) is 12.1. The van der Waals surface area contributed by atoms with Crippen molar-refractivity contribution >= 4 is 23.7 Å². The van der Waals surface area contributed by atoms with Gasteiger partial charge in [0.1, 0.15) is 11.5 Å². The van der Waals surface area contributed by atoms with Crippen LogP contribution in [0.4, 0.5) is 0 Å². The summed E-state index contributed by atoms with van der Waals surface area (Å²) < 4.78 is 11.1. The van der Waals surface area contributed by atoms with Crippen LogP contribution in [0.3, 0.4) is 0 Å². The Bertz CT molecular complexity index is 1190. The summed E-state index contributed by atoms with van der Waals surface area (Å²) in [6.07, 6.45) is 1.38. The van der Waals surface area contributed by atoms with Crippen LogP contribution >= 0.6 is 11.8 Å². The normalized spacial score (nSPS) is 16.8. The van der Waals surface area contributed by atoms with Crippen molar-refractivity contribution in [3.05, 3.63) is 70.8 Å². The molecule has 0 spiro atoms. The van der Waals surface area contributed by atoms with Crippen LogP contribution in [0.5, 0.6) is 11.5 Å². The van der Waals surface area contributed by atoms with Crippen molar-refractivity contribution in [1.82, 2.24) is 0 Å². The van der Waals surface area contributed by atoms with Gasteiger partial charge in [-0.1, -0.05) is 119 Å². The van der Waals surface area contributed by atoms with E-state index in [2.05, 4.69) is 96.2 Å². The molecule has 1 fully saturated rings. The van der Waals surface area contributed by atoms with Gasteiger partial charge in [-0.2, -0.15) is 0 Å². The van der Waals surface area contributed by atoms with Gasteiger partial charge in [-0.3, -0.25) is 9.59 Å². The molecule has 0 amide bonds. The van der Waals surface area contributed by atoms with E-state index in [1.54, 1.807) is 0 Å². The van der Waals surface area contributed by atoms with Gasteiger partial charge in [0.2, 0.25) is 0 Å². The molecule has 2 atom stereocenters. The van der Waals surface area contributed by atoms with E-state index in [-0.39, 0.29) is 46.4 Å². The number of phenolic OH excluding ortho intramolecular Hbond substituents is 2. The van der Waals surface area contributed by atoms with Crippen LogP contribution in [0.25, 0.3) is 0 Å². The molecule has 45 heavy (non-hydrogen) atoms. The van der Waals surface area contributed by atoms with E-state index in [4.69, 9.17) is 9.47 Å². The van der Waals surface area contributed by atoms with E-state index in [1.165, 1.54) is 11.8 Å². The Morgan fingerprint density at radius 2 is 0.844 bits per heavy atom. The van der Waals surface area contributed by atoms with Gasteiger partial charge >= 0.3 is 11.9 Å². The first-order valence-electron chi connectivity index (χ1n) is 15.8. The second-order valence-electron chi connectivity index (χ2n) is 15.9. The summed E-state index contributed by atoms with van der Waals surface area (Å²) in [5, 5.41) is 21.9. The minimum Gasteiger partial charge on any atom is -0.507 e. The summed E-state index contributed by atoms with van der Waals surface area (Å²) in [6.45, 7) is 30.8. The molecule has 1 heterocycles. The van der Waals surface area contributed by atoms with Crippen molar-refractivity contribution in [1.29, 1.82) is 0 Å². The number of hydrogen-bond acceptors (Lipinski definition) is 7. The quantitative estimate of drug-likeness (QED) is 0.169. The maximum Gasteiger partial charge on any atom is 0.307 e. The number of carbonyl (C=O) groups excluding carboxylic acids is 2. The highest BCUT2D eigenvalue weighted by atomic mass is 32.2. The summed E-state index contributed by atoms with van der Waals surface area (Å²) >= 11 is 1.31. The number of carbonyl (C=O) groups is 2. The Morgan fingerprint density at radius 3 is 1.07 bits per heavy atom. The summed E-state index contributed by atoms with van der Waals surface area (Å²) in [6, 6.07) is 7.93.